The average Bonchev–Trinajstić information content (AvgIpc) is 2.90. The van der Waals surface area contributed by atoms with Crippen molar-refractivity contribution in [3.63, 3.8) is 0 Å². The third-order valence-corrected chi connectivity index (χ3v) is 2.90. The quantitative estimate of drug-likeness (QED) is 0.685. The standard InChI is InChI=1S/C12H11NO5S/c1-16-10-3-2-8(6-9(10)14)18-12(15)17-7-11-13-4-5-19-11/h2-6,14H,7H2,1H3. The first-order chi connectivity index (χ1) is 9.19. The molecule has 0 fully saturated rings. The molecular weight excluding hydrogens is 270 g/mol. The molecule has 0 saturated heterocycles. The summed E-state index contributed by atoms with van der Waals surface area (Å²) in [7, 11) is 1.43. The minimum absolute atomic E-state index is 0.0542. The Balaban J connectivity index is 1.90. The van der Waals surface area contributed by atoms with E-state index in [1.165, 1.54) is 36.6 Å². The molecule has 2 aromatic rings. The zero-order valence-electron chi connectivity index (χ0n) is 10.0. The van der Waals surface area contributed by atoms with Crippen molar-refractivity contribution in [3.05, 3.63) is 34.8 Å². The summed E-state index contributed by atoms with van der Waals surface area (Å²) in [6, 6.07) is 4.24. The molecule has 0 unspecified atom stereocenters. The van der Waals surface area contributed by atoms with Crippen LogP contribution in [-0.2, 0) is 11.3 Å². The van der Waals surface area contributed by atoms with Gasteiger partial charge in [-0.2, -0.15) is 0 Å². The maximum atomic E-state index is 11.4. The lowest BCUT2D eigenvalue weighted by molar-refractivity contribution is 0.0926. The number of hydrogen-bond acceptors (Lipinski definition) is 7. The van der Waals surface area contributed by atoms with E-state index in [0.29, 0.717) is 10.8 Å². The number of nitrogens with zero attached hydrogens (tertiary/aromatic N) is 1. The van der Waals surface area contributed by atoms with Gasteiger partial charge in [-0.05, 0) is 12.1 Å². The molecule has 0 aliphatic rings. The highest BCUT2D eigenvalue weighted by atomic mass is 32.1. The third kappa shape index (κ3) is 3.59. The van der Waals surface area contributed by atoms with Gasteiger partial charge in [-0.25, -0.2) is 9.78 Å². The number of aromatic hydroxyl groups is 1. The molecule has 0 amide bonds. The van der Waals surface area contributed by atoms with Crippen molar-refractivity contribution in [2.75, 3.05) is 7.11 Å². The zero-order chi connectivity index (χ0) is 13.7. The van der Waals surface area contributed by atoms with E-state index >= 15 is 0 Å². The van der Waals surface area contributed by atoms with Gasteiger partial charge in [-0.1, -0.05) is 0 Å². The number of ether oxygens (including phenoxy) is 3. The third-order valence-electron chi connectivity index (χ3n) is 2.15. The summed E-state index contributed by atoms with van der Waals surface area (Å²) in [5, 5.41) is 12.0. The van der Waals surface area contributed by atoms with Crippen LogP contribution in [0.15, 0.2) is 29.8 Å². The number of benzene rings is 1. The van der Waals surface area contributed by atoms with E-state index in [1.54, 1.807) is 11.6 Å². The Kier molecular flexibility index (Phi) is 4.19. The van der Waals surface area contributed by atoms with Crippen LogP contribution in [0.5, 0.6) is 17.2 Å². The van der Waals surface area contributed by atoms with Gasteiger partial charge in [0.05, 0.1) is 7.11 Å². The maximum absolute atomic E-state index is 11.4. The number of thiazole rings is 1. The number of carbonyl (C=O) groups excluding carboxylic acids is 1. The summed E-state index contributed by atoms with van der Waals surface area (Å²) in [5.41, 5.74) is 0. The van der Waals surface area contributed by atoms with Crippen molar-refractivity contribution >= 4 is 17.5 Å². The number of hydrogen-bond donors (Lipinski definition) is 1. The molecule has 2 rings (SSSR count). The van der Waals surface area contributed by atoms with Gasteiger partial charge in [0.15, 0.2) is 11.5 Å². The van der Waals surface area contributed by atoms with Gasteiger partial charge >= 0.3 is 6.16 Å². The SMILES string of the molecule is COc1ccc(OC(=O)OCc2nccs2)cc1O. The lowest BCUT2D eigenvalue weighted by atomic mass is 10.3. The first kappa shape index (κ1) is 13.2. The number of phenolic OH excluding ortho intramolecular Hbond substituents is 1. The highest BCUT2D eigenvalue weighted by molar-refractivity contribution is 7.09. The molecule has 0 saturated carbocycles. The predicted molar refractivity (Wildman–Crippen MR) is 67.6 cm³/mol. The number of phenols is 1. The topological polar surface area (TPSA) is 77.9 Å². The minimum atomic E-state index is -0.861. The average molecular weight is 281 g/mol. The van der Waals surface area contributed by atoms with E-state index in [9.17, 15) is 9.90 Å². The van der Waals surface area contributed by atoms with Crippen LogP contribution in [0.3, 0.4) is 0 Å². The van der Waals surface area contributed by atoms with E-state index in [1.807, 2.05) is 0 Å². The Labute approximate surface area is 113 Å². The summed E-state index contributed by atoms with van der Waals surface area (Å²) in [6.07, 6.45) is 0.760. The molecule has 0 aliphatic carbocycles. The number of carbonyl (C=O) groups is 1. The van der Waals surface area contributed by atoms with Crippen LogP contribution < -0.4 is 9.47 Å². The van der Waals surface area contributed by atoms with Crippen LogP contribution in [0.2, 0.25) is 0 Å². The monoisotopic (exact) mass is 281 g/mol. The number of methoxy groups -OCH3 is 1. The summed E-state index contributed by atoms with van der Waals surface area (Å²) in [4.78, 5) is 15.4. The van der Waals surface area contributed by atoms with Gasteiger partial charge in [-0.3, -0.25) is 0 Å². The highest BCUT2D eigenvalue weighted by Crippen LogP contribution is 2.29. The van der Waals surface area contributed by atoms with Crippen LogP contribution in [0.1, 0.15) is 5.01 Å². The minimum Gasteiger partial charge on any atom is -0.504 e. The van der Waals surface area contributed by atoms with Crippen molar-refractivity contribution in [1.29, 1.82) is 0 Å². The van der Waals surface area contributed by atoms with Gasteiger partial charge in [0.25, 0.3) is 0 Å². The van der Waals surface area contributed by atoms with Gasteiger partial charge < -0.3 is 19.3 Å². The lowest BCUT2D eigenvalue weighted by Gasteiger charge is -2.07. The second-order valence-electron chi connectivity index (χ2n) is 3.40. The predicted octanol–water partition coefficient (Wildman–Crippen LogP) is 2.57. The van der Waals surface area contributed by atoms with Crippen LogP contribution >= 0.6 is 11.3 Å². The zero-order valence-corrected chi connectivity index (χ0v) is 10.8. The number of rotatable bonds is 4. The molecule has 0 spiro atoms. The van der Waals surface area contributed by atoms with Crippen LogP contribution in [0.25, 0.3) is 0 Å². The molecule has 19 heavy (non-hydrogen) atoms. The Hall–Kier alpha value is -2.28. The van der Waals surface area contributed by atoms with Crippen LogP contribution in [0, 0.1) is 0 Å². The van der Waals surface area contributed by atoms with E-state index in [2.05, 4.69) is 4.98 Å². The molecule has 0 radical (unpaired) electrons. The van der Waals surface area contributed by atoms with Crippen LogP contribution in [0.4, 0.5) is 4.79 Å². The van der Waals surface area contributed by atoms with Gasteiger partial charge in [0, 0.05) is 17.6 Å². The normalized spacial score (nSPS) is 9.95. The van der Waals surface area contributed by atoms with Gasteiger partial charge in [0.2, 0.25) is 0 Å². The summed E-state index contributed by atoms with van der Waals surface area (Å²) in [6.45, 7) is 0.0542. The van der Waals surface area contributed by atoms with Crippen molar-refractivity contribution in [2.45, 2.75) is 6.61 Å². The molecule has 7 heteroatoms. The second-order valence-corrected chi connectivity index (χ2v) is 4.38. The first-order valence-electron chi connectivity index (χ1n) is 5.29. The molecule has 1 heterocycles. The van der Waals surface area contributed by atoms with Crippen molar-refractivity contribution < 1.29 is 24.1 Å². The molecule has 100 valence electrons. The van der Waals surface area contributed by atoms with E-state index in [-0.39, 0.29) is 18.1 Å². The fourth-order valence-corrected chi connectivity index (χ4v) is 1.83. The van der Waals surface area contributed by atoms with Gasteiger partial charge in [0.1, 0.15) is 17.4 Å². The molecule has 1 aromatic heterocycles. The molecule has 0 bridgehead atoms. The molecular formula is C12H11NO5S. The van der Waals surface area contributed by atoms with E-state index in [0.717, 1.165) is 0 Å². The molecule has 6 nitrogen and oxygen atoms in total. The Morgan fingerprint density at radius 3 is 2.95 bits per heavy atom. The lowest BCUT2D eigenvalue weighted by Crippen LogP contribution is -2.10. The van der Waals surface area contributed by atoms with Crippen molar-refractivity contribution in [1.82, 2.24) is 4.98 Å². The Bertz CT molecular complexity index is 555. The van der Waals surface area contributed by atoms with Crippen molar-refractivity contribution in [2.24, 2.45) is 0 Å². The molecule has 1 N–H and O–H groups in total. The van der Waals surface area contributed by atoms with Gasteiger partial charge in [-0.15, -0.1) is 11.3 Å². The smallest absolute Gasteiger partial charge is 0.504 e. The fourth-order valence-electron chi connectivity index (χ4n) is 1.30. The van der Waals surface area contributed by atoms with Crippen molar-refractivity contribution in [3.8, 4) is 17.2 Å². The molecule has 1 aromatic carbocycles. The molecule has 0 atom stereocenters. The molecule has 0 aliphatic heterocycles. The van der Waals surface area contributed by atoms with E-state index < -0.39 is 6.16 Å². The maximum Gasteiger partial charge on any atom is 0.514 e. The Morgan fingerprint density at radius 2 is 2.32 bits per heavy atom. The summed E-state index contributed by atoms with van der Waals surface area (Å²) < 4.78 is 14.6. The van der Waals surface area contributed by atoms with E-state index in [4.69, 9.17) is 14.2 Å². The fraction of sp³-hybridized carbons (Fsp3) is 0.167. The Morgan fingerprint density at radius 1 is 1.47 bits per heavy atom. The largest absolute Gasteiger partial charge is 0.514 e. The summed E-state index contributed by atoms with van der Waals surface area (Å²) in [5.74, 6) is 0.346. The first-order valence-corrected chi connectivity index (χ1v) is 6.17. The summed E-state index contributed by atoms with van der Waals surface area (Å²) >= 11 is 1.38. The number of aromatic nitrogens is 1. The second kappa shape index (κ2) is 6.05. The van der Waals surface area contributed by atoms with Crippen LogP contribution in [-0.4, -0.2) is 23.4 Å². The highest BCUT2D eigenvalue weighted by Gasteiger charge is 2.10.